The van der Waals surface area contributed by atoms with E-state index in [1.807, 2.05) is 11.9 Å². The fraction of sp³-hybridized carbons (Fsp3) is 0.429. The maximum atomic E-state index is 13.0. The fourth-order valence-electron chi connectivity index (χ4n) is 2.80. The molecule has 106 valence electrons. The van der Waals surface area contributed by atoms with Crippen LogP contribution in [0.1, 0.15) is 31.7 Å². The van der Waals surface area contributed by atoms with Crippen molar-refractivity contribution in [1.82, 2.24) is 14.8 Å². The van der Waals surface area contributed by atoms with Gasteiger partial charge in [-0.3, -0.25) is 4.57 Å². The van der Waals surface area contributed by atoms with Crippen molar-refractivity contribution in [2.24, 2.45) is 0 Å². The molecule has 0 aliphatic heterocycles. The molecule has 3 rings (SSSR count). The predicted molar refractivity (Wildman–Crippen MR) is 79.4 cm³/mol. The van der Waals surface area contributed by atoms with Gasteiger partial charge in [0, 0.05) is 18.8 Å². The summed E-state index contributed by atoms with van der Waals surface area (Å²) in [5.41, 5.74) is 0.889. The van der Waals surface area contributed by atoms with Crippen LogP contribution in [0.4, 0.5) is 16.0 Å². The molecule has 1 saturated carbocycles. The summed E-state index contributed by atoms with van der Waals surface area (Å²) in [7, 11) is 1.92. The number of anilines is 2. The van der Waals surface area contributed by atoms with Crippen LogP contribution in [-0.4, -0.2) is 21.8 Å². The quantitative estimate of drug-likeness (QED) is 0.870. The van der Waals surface area contributed by atoms with Crippen LogP contribution >= 0.6 is 12.2 Å². The molecule has 0 saturated heterocycles. The third-order valence-electron chi connectivity index (χ3n) is 3.89. The number of hydrogen-bond donors (Lipinski definition) is 1. The summed E-state index contributed by atoms with van der Waals surface area (Å²) < 4.78 is 15.8. The Morgan fingerprint density at radius 2 is 1.95 bits per heavy atom. The minimum absolute atomic E-state index is 0.239. The fourth-order valence-corrected chi connectivity index (χ4v) is 3.08. The van der Waals surface area contributed by atoms with E-state index in [2.05, 4.69) is 14.8 Å². The van der Waals surface area contributed by atoms with Gasteiger partial charge in [-0.2, -0.15) is 0 Å². The molecule has 0 spiro atoms. The number of rotatable bonds is 3. The topological polar surface area (TPSA) is 36.9 Å². The van der Waals surface area contributed by atoms with Gasteiger partial charge in [-0.05, 0) is 49.3 Å². The van der Waals surface area contributed by atoms with Gasteiger partial charge in [0.15, 0.2) is 4.77 Å². The summed E-state index contributed by atoms with van der Waals surface area (Å²) in [6, 6.07) is 6.80. The normalized spacial score (nSPS) is 15.7. The average molecular weight is 292 g/mol. The minimum atomic E-state index is -0.239. The number of halogens is 1. The van der Waals surface area contributed by atoms with Crippen molar-refractivity contribution >= 4 is 23.9 Å². The first-order valence-corrected chi connectivity index (χ1v) is 7.24. The number of hydrogen-bond acceptors (Lipinski definition) is 3. The highest BCUT2D eigenvalue weighted by molar-refractivity contribution is 7.71. The molecule has 1 N–H and O–H groups in total. The highest BCUT2D eigenvalue weighted by Gasteiger charge is 2.23. The third-order valence-corrected chi connectivity index (χ3v) is 4.18. The van der Waals surface area contributed by atoms with Crippen LogP contribution < -0.4 is 4.90 Å². The van der Waals surface area contributed by atoms with Gasteiger partial charge in [0.05, 0.1) is 0 Å². The molecule has 4 nitrogen and oxygen atoms in total. The summed E-state index contributed by atoms with van der Waals surface area (Å²) in [6.45, 7) is 0. The van der Waals surface area contributed by atoms with Crippen molar-refractivity contribution < 1.29 is 4.39 Å². The second kappa shape index (κ2) is 5.36. The van der Waals surface area contributed by atoms with Crippen molar-refractivity contribution in [3.05, 3.63) is 34.9 Å². The zero-order valence-corrected chi connectivity index (χ0v) is 12.2. The van der Waals surface area contributed by atoms with Gasteiger partial charge in [-0.15, -0.1) is 5.10 Å². The van der Waals surface area contributed by atoms with Crippen LogP contribution in [0, 0.1) is 10.6 Å². The Morgan fingerprint density at radius 1 is 1.30 bits per heavy atom. The van der Waals surface area contributed by atoms with Gasteiger partial charge < -0.3 is 4.90 Å². The molecule has 1 aliphatic carbocycles. The lowest BCUT2D eigenvalue weighted by Crippen LogP contribution is -2.18. The Kier molecular flexibility index (Phi) is 3.56. The molecule has 0 unspecified atom stereocenters. The summed E-state index contributed by atoms with van der Waals surface area (Å²) in [4.78, 5) is 1.93. The zero-order chi connectivity index (χ0) is 14.1. The second-order valence-corrected chi connectivity index (χ2v) is 5.56. The van der Waals surface area contributed by atoms with Crippen LogP contribution in [0.5, 0.6) is 0 Å². The van der Waals surface area contributed by atoms with Crippen molar-refractivity contribution in [2.75, 3.05) is 11.9 Å². The number of nitrogens with zero attached hydrogens (tertiary/aromatic N) is 3. The van der Waals surface area contributed by atoms with Crippen molar-refractivity contribution in [3.63, 3.8) is 0 Å². The Bertz CT molecular complexity index is 640. The molecule has 1 aromatic carbocycles. The molecular weight excluding hydrogens is 275 g/mol. The standard InChI is InChI=1S/C14H17FN4S/c1-18(11-8-6-10(15)7-9-11)13-16-17-14(20)19(13)12-4-2-3-5-12/h6-9,12H,2-5H2,1H3,(H,17,20). The number of nitrogens with one attached hydrogen (secondary N) is 1. The van der Waals surface area contributed by atoms with Crippen molar-refractivity contribution in [3.8, 4) is 0 Å². The van der Waals surface area contributed by atoms with Gasteiger partial charge in [0.2, 0.25) is 5.95 Å². The monoisotopic (exact) mass is 292 g/mol. The van der Waals surface area contributed by atoms with Crippen molar-refractivity contribution in [2.45, 2.75) is 31.7 Å². The van der Waals surface area contributed by atoms with Gasteiger partial charge in [0.25, 0.3) is 0 Å². The van der Waals surface area contributed by atoms with E-state index in [0.717, 1.165) is 24.5 Å². The number of aromatic amines is 1. The Labute approximate surface area is 122 Å². The van der Waals surface area contributed by atoms with Gasteiger partial charge in [0.1, 0.15) is 5.82 Å². The van der Waals surface area contributed by atoms with Gasteiger partial charge in [-0.25, -0.2) is 9.49 Å². The lowest BCUT2D eigenvalue weighted by molar-refractivity contribution is 0.513. The molecule has 0 bridgehead atoms. The minimum Gasteiger partial charge on any atom is -0.314 e. The smallest absolute Gasteiger partial charge is 0.230 e. The molecule has 0 radical (unpaired) electrons. The van der Waals surface area contributed by atoms with Gasteiger partial charge in [-0.1, -0.05) is 12.8 Å². The third kappa shape index (κ3) is 2.35. The summed E-state index contributed by atoms with van der Waals surface area (Å²) >= 11 is 5.36. The molecule has 1 aromatic heterocycles. The first kappa shape index (κ1) is 13.3. The number of H-pyrrole nitrogens is 1. The Balaban J connectivity index is 1.97. The molecule has 1 aliphatic rings. The lowest BCUT2D eigenvalue weighted by Gasteiger charge is -2.22. The van der Waals surface area contributed by atoms with E-state index in [4.69, 9.17) is 12.2 Å². The second-order valence-electron chi connectivity index (χ2n) is 5.17. The lowest BCUT2D eigenvalue weighted by atomic mass is 10.2. The highest BCUT2D eigenvalue weighted by atomic mass is 32.1. The van der Waals surface area contributed by atoms with Crippen LogP contribution in [-0.2, 0) is 0 Å². The number of aromatic nitrogens is 3. The van der Waals surface area contributed by atoms with E-state index in [9.17, 15) is 4.39 Å². The van der Waals surface area contributed by atoms with E-state index >= 15 is 0 Å². The largest absolute Gasteiger partial charge is 0.314 e. The Morgan fingerprint density at radius 3 is 2.60 bits per heavy atom. The molecule has 20 heavy (non-hydrogen) atoms. The molecule has 1 heterocycles. The van der Waals surface area contributed by atoms with Crippen LogP contribution in [0.2, 0.25) is 0 Å². The average Bonchev–Trinajstić information content (AvgIpc) is 3.07. The Hall–Kier alpha value is -1.69. The maximum absolute atomic E-state index is 13.0. The van der Waals surface area contributed by atoms with Crippen LogP contribution in [0.25, 0.3) is 0 Å². The summed E-state index contributed by atoms with van der Waals surface area (Å²) in [5, 5.41) is 7.21. The van der Waals surface area contributed by atoms with E-state index in [1.54, 1.807) is 12.1 Å². The van der Waals surface area contributed by atoms with Crippen LogP contribution in [0.3, 0.4) is 0 Å². The first-order valence-electron chi connectivity index (χ1n) is 6.83. The van der Waals surface area contributed by atoms with E-state index in [-0.39, 0.29) is 5.82 Å². The molecular formula is C14H17FN4S. The maximum Gasteiger partial charge on any atom is 0.230 e. The van der Waals surface area contributed by atoms with E-state index in [0.29, 0.717) is 10.8 Å². The van der Waals surface area contributed by atoms with Gasteiger partial charge >= 0.3 is 0 Å². The first-order chi connectivity index (χ1) is 9.66. The molecule has 6 heteroatoms. The molecule has 0 amide bonds. The molecule has 1 fully saturated rings. The molecule has 2 aromatic rings. The van der Waals surface area contributed by atoms with E-state index in [1.165, 1.54) is 25.0 Å². The predicted octanol–water partition coefficient (Wildman–Crippen LogP) is 3.96. The number of benzene rings is 1. The summed E-state index contributed by atoms with van der Waals surface area (Å²) in [6.07, 6.45) is 4.74. The zero-order valence-electron chi connectivity index (χ0n) is 11.3. The molecule has 0 atom stereocenters. The van der Waals surface area contributed by atoms with E-state index < -0.39 is 0 Å². The SMILES string of the molecule is CN(c1ccc(F)cc1)c1n[nH]c(=S)n1C1CCCC1. The van der Waals surface area contributed by atoms with Crippen molar-refractivity contribution in [1.29, 1.82) is 0 Å². The summed E-state index contributed by atoms with van der Waals surface area (Å²) in [5.74, 6) is 0.547. The highest BCUT2D eigenvalue weighted by Crippen LogP contribution is 2.34. The van der Waals surface area contributed by atoms with Crippen LogP contribution in [0.15, 0.2) is 24.3 Å².